The SMILES string of the molecule is c1ccc(-c2ccc(-c3nc(-c4ccc5ccccc5c4)nc(-c4cc5c(cc4-n4c6ccccc6c6cc7ccccc7cc64)oc4ccccc45)n3)cc2)cc1. The molecule has 3 aromatic heterocycles. The van der Waals surface area contributed by atoms with Crippen LogP contribution in [-0.2, 0) is 0 Å². The zero-order valence-electron chi connectivity index (χ0n) is 31.2. The van der Waals surface area contributed by atoms with E-state index in [9.17, 15) is 0 Å². The molecule has 0 unspecified atom stereocenters. The van der Waals surface area contributed by atoms with E-state index in [0.29, 0.717) is 17.5 Å². The first-order chi connectivity index (χ1) is 28.7. The van der Waals surface area contributed by atoms with E-state index in [1.807, 2.05) is 18.2 Å². The summed E-state index contributed by atoms with van der Waals surface area (Å²) < 4.78 is 8.94. The summed E-state index contributed by atoms with van der Waals surface area (Å²) in [6.45, 7) is 0. The van der Waals surface area contributed by atoms with Gasteiger partial charge >= 0.3 is 0 Å². The van der Waals surface area contributed by atoms with Crippen molar-refractivity contribution in [1.29, 1.82) is 0 Å². The Morgan fingerprint density at radius 2 is 0.914 bits per heavy atom. The van der Waals surface area contributed by atoms with Crippen LogP contribution in [0.25, 0.3) is 116 Å². The molecule has 5 heteroatoms. The predicted molar refractivity (Wildman–Crippen MR) is 238 cm³/mol. The topological polar surface area (TPSA) is 56.7 Å². The van der Waals surface area contributed by atoms with E-state index < -0.39 is 0 Å². The third-order valence-electron chi connectivity index (χ3n) is 11.4. The fourth-order valence-electron chi connectivity index (χ4n) is 8.56. The highest BCUT2D eigenvalue weighted by Gasteiger charge is 2.22. The molecule has 0 N–H and O–H groups in total. The number of benzene rings is 9. The zero-order valence-corrected chi connectivity index (χ0v) is 31.2. The summed E-state index contributed by atoms with van der Waals surface area (Å²) in [4.78, 5) is 15.9. The first-order valence-electron chi connectivity index (χ1n) is 19.5. The zero-order chi connectivity index (χ0) is 38.2. The molecule has 0 saturated carbocycles. The Labute approximate surface area is 333 Å². The molecule has 0 aliphatic carbocycles. The fourth-order valence-corrected chi connectivity index (χ4v) is 8.56. The van der Waals surface area contributed by atoms with E-state index >= 15 is 0 Å². The minimum Gasteiger partial charge on any atom is -0.456 e. The average Bonchev–Trinajstić information content (AvgIpc) is 3.82. The summed E-state index contributed by atoms with van der Waals surface area (Å²) in [5.41, 5.74) is 9.73. The van der Waals surface area contributed by atoms with Crippen LogP contribution in [0.4, 0.5) is 0 Å². The number of fused-ring (bicyclic) bond motifs is 8. The third-order valence-corrected chi connectivity index (χ3v) is 11.4. The van der Waals surface area contributed by atoms with Crippen LogP contribution < -0.4 is 0 Å². The van der Waals surface area contributed by atoms with Crippen molar-refractivity contribution in [2.24, 2.45) is 0 Å². The second kappa shape index (κ2) is 12.8. The van der Waals surface area contributed by atoms with Gasteiger partial charge in [-0.1, -0.05) is 152 Å². The molecular formula is C53H32N4O. The van der Waals surface area contributed by atoms with Gasteiger partial charge in [0.1, 0.15) is 11.2 Å². The van der Waals surface area contributed by atoms with Crippen LogP contribution in [0.5, 0.6) is 0 Å². The number of furan rings is 1. The molecule has 0 spiro atoms. The maximum Gasteiger partial charge on any atom is 0.166 e. The van der Waals surface area contributed by atoms with E-state index in [1.165, 1.54) is 21.5 Å². The molecule has 0 amide bonds. The quantitative estimate of drug-likeness (QED) is 0.176. The monoisotopic (exact) mass is 740 g/mol. The van der Waals surface area contributed by atoms with Crippen molar-refractivity contribution in [1.82, 2.24) is 19.5 Å². The summed E-state index contributed by atoms with van der Waals surface area (Å²) in [6.07, 6.45) is 0. The summed E-state index contributed by atoms with van der Waals surface area (Å²) in [5, 5.41) is 9.05. The highest BCUT2D eigenvalue weighted by molar-refractivity contribution is 6.15. The molecule has 0 aliphatic rings. The van der Waals surface area contributed by atoms with Gasteiger partial charge in [0, 0.05) is 44.3 Å². The van der Waals surface area contributed by atoms with Gasteiger partial charge in [0.25, 0.3) is 0 Å². The van der Waals surface area contributed by atoms with E-state index in [2.05, 4.69) is 180 Å². The standard InChI is InChI=1S/C53H32N4O/c1-2-12-33(13-3-1)35-22-25-36(26-23-35)51-54-52(40-27-24-34-14-4-5-15-37(34)28-40)56-53(55-51)45-31-44-42-19-9-11-21-49(42)58-50(44)32-48(45)57-46-20-10-8-18-41(46)43-29-38-16-6-7-17-39(38)30-47(43)57/h1-32H. The Kier molecular flexibility index (Phi) is 7.16. The third kappa shape index (κ3) is 5.21. The van der Waals surface area contributed by atoms with Crippen LogP contribution in [0.3, 0.4) is 0 Å². The second-order valence-electron chi connectivity index (χ2n) is 14.8. The van der Waals surface area contributed by atoms with Crippen molar-refractivity contribution in [2.75, 3.05) is 0 Å². The van der Waals surface area contributed by atoms with Gasteiger partial charge in [0.15, 0.2) is 17.5 Å². The summed E-state index contributed by atoms with van der Waals surface area (Å²) >= 11 is 0. The van der Waals surface area contributed by atoms with Gasteiger partial charge < -0.3 is 8.98 Å². The van der Waals surface area contributed by atoms with Crippen LogP contribution >= 0.6 is 0 Å². The van der Waals surface area contributed by atoms with Gasteiger partial charge in [-0.3, -0.25) is 0 Å². The van der Waals surface area contributed by atoms with Gasteiger partial charge in [-0.2, -0.15) is 0 Å². The molecule has 3 heterocycles. The van der Waals surface area contributed by atoms with Crippen LogP contribution in [0.1, 0.15) is 0 Å². The smallest absolute Gasteiger partial charge is 0.166 e. The minimum atomic E-state index is 0.578. The largest absolute Gasteiger partial charge is 0.456 e. The summed E-state index contributed by atoms with van der Waals surface area (Å²) in [6, 6.07) is 68.1. The molecule has 0 fully saturated rings. The van der Waals surface area contributed by atoms with Crippen molar-refractivity contribution < 1.29 is 4.42 Å². The van der Waals surface area contributed by atoms with Gasteiger partial charge in [-0.25, -0.2) is 15.0 Å². The molecule has 0 radical (unpaired) electrons. The van der Waals surface area contributed by atoms with Crippen molar-refractivity contribution >= 4 is 65.3 Å². The molecule has 0 saturated heterocycles. The minimum absolute atomic E-state index is 0.578. The number of hydrogen-bond acceptors (Lipinski definition) is 4. The molecule has 0 atom stereocenters. The van der Waals surface area contributed by atoms with Crippen molar-refractivity contribution in [3.05, 3.63) is 194 Å². The van der Waals surface area contributed by atoms with Gasteiger partial charge in [-0.05, 0) is 69.1 Å². The molecule has 270 valence electrons. The normalized spacial score (nSPS) is 11.8. The van der Waals surface area contributed by atoms with E-state index in [4.69, 9.17) is 19.4 Å². The molecule has 12 aromatic rings. The average molecular weight is 741 g/mol. The lowest BCUT2D eigenvalue weighted by Crippen LogP contribution is -2.04. The van der Waals surface area contributed by atoms with Crippen LogP contribution in [0.2, 0.25) is 0 Å². The maximum atomic E-state index is 6.58. The predicted octanol–water partition coefficient (Wildman–Crippen LogP) is 13.8. The molecule has 12 rings (SSSR count). The second-order valence-corrected chi connectivity index (χ2v) is 14.8. The highest BCUT2D eigenvalue weighted by Crippen LogP contribution is 2.41. The van der Waals surface area contributed by atoms with Crippen LogP contribution in [0, 0.1) is 0 Å². The number of rotatable bonds is 5. The Hall–Kier alpha value is -7.89. The van der Waals surface area contributed by atoms with Crippen molar-refractivity contribution in [3.8, 4) is 51.0 Å². The number of nitrogens with zero attached hydrogens (tertiary/aromatic N) is 4. The molecule has 0 aliphatic heterocycles. The molecular weight excluding hydrogens is 709 g/mol. The molecule has 0 bridgehead atoms. The number of hydrogen-bond donors (Lipinski definition) is 0. The van der Waals surface area contributed by atoms with E-state index in [1.54, 1.807) is 0 Å². The first kappa shape index (κ1) is 32.4. The highest BCUT2D eigenvalue weighted by atomic mass is 16.3. The van der Waals surface area contributed by atoms with Gasteiger partial charge in [0.2, 0.25) is 0 Å². The number of aromatic nitrogens is 4. The Balaban J connectivity index is 1.16. The lowest BCUT2D eigenvalue weighted by Gasteiger charge is -2.15. The first-order valence-corrected chi connectivity index (χ1v) is 19.5. The number of para-hydroxylation sites is 2. The van der Waals surface area contributed by atoms with Gasteiger partial charge in [0.05, 0.1) is 16.7 Å². The lowest BCUT2D eigenvalue weighted by atomic mass is 10.0. The lowest BCUT2D eigenvalue weighted by molar-refractivity contribution is 0.668. The Bertz CT molecular complexity index is 3560. The van der Waals surface area contributed by atoms with Gasteiger partial charge in [-0.15, -0.1) is 0 Å². The Morgan fingerprint density at radius 3 is 1.72 bits per heavy atom. The summed E-state index contributed by atoms with van der Waals surface area (Å²) in [5.74, 6) is 1.78. The Morgan fingerprint density at radius 1 is 0.328 bits per heavy atom. The maximum absolute atomic E-state index is 6.58. The van der Waals surface area contributed by atoms with Crippen LogP contribution in [-0.4, -0.2) is 19.5 Å². The molecule has 58 heavy (non-hydrogen) atoms. The summed E-state index contributed by atoms with van der Waals surface area (Å²) in [7, 11) is 0. The molecule has 5 nitrogen and oxygen atoms in total. The van der Waals surface area contributed by atoms with Crippen LogP contribution in [0.15, 0.2) is 199 Å². The van der Waals surface area contributed by atoms with Crippen molar-refractivity contribution in [2.45, 2.75) is 0 Å². The molecule has 9 aromatic carbocycles. The van der Waals surface area contributed by atoms with E-state index in [-0.39, 0.29) is 0 Å². The fraction of sp³-hybridized carbons (Fsp3) is 0. The van der Waals surface area contributed by atoms with Crippen molar-refractivity contribution in [3.63, 3.8) is 0 Å². The van der Waals surface area contributed by atoms with E-state index in [0.717, 1.165) is 77.2 Å².